The molecule has 0 unspecified atom stereocenters. The van der Waals surface area contributed by atoms with E-state index in [4.69, 9.17) is 38.6 Å². The van der Waals surface area contributed by atoms with E-state index in [1.165, 1.54) is 0 Å². The first-order chi connectivity index (χ1) is 2.00. The van der Waals surface area contributed by atoms with Gasteiger partial charge in [-0.25, -0.2) is 0 Å². The van der Waals surface area contributed by atoms with E-state index < -0.39 is 6.16 Å². The van der Waals surface area contributed by atoms with Gasteiger partial charge in [0.25, 0.3) is 0 Å². The average molecular weight is 227 g/mol. The molecule has 0 fully saturated rings. The Morgan fingerprint density at radius 1 is 1.17 bits per heavy atom. The zero-order chi connectivity index (χ0) is 4.50. The minimum atomic E-state index is -2.69. The van der Waals surface area contributed by atoms with Crippen LogP contribution >= 0.6 is 33.2 Å². The van der Waals surface area contributed by atoms with Gasteiger partial charge >= 0.3 is 23.8 Å². The third-order valence-electron chi connectivity index (χ3n) is 0. The van der Waals surface area contributed by atoms with Gasteiger partial charge in [-0.1, -0.05) is 0 Å². The van der Waals surface area contributed by atoms with Crippen molar-refractivity contribution >= 4 is 57.0 Å². The van der Waals surface area contributed by atoms with Crippen molar-refractivity contribution in [2.24, 2.45) is 5.40 Å². The summed E-state index contributed by atoms with van der Waals surface area (Å²) in [7, 11) is 0. The monoisotopic (exact) mass is 227 g/mol. The Morgan fingerprint density at radius 3 is 1.17 bits per heavy atom. The molecule has 0 aromatic heterocycles. The molecular formula is H6Cl3GeNSi. The molecule has 0 saturated carbocycles. The molecule has 40 valence electrons. The first-order valence-electron chi connectivity index (χ1n) is 0.856. The zero-order valence-electron chi connectivity index (χ0n) is 2.21. The van der Waals surface area contributed by atoms with Gasteiger partial charge in [0.05, 0.1) is 0 Å². The quantitative estimate of drug-likeness (QED) is 0.444. The maximum absolute atomic E-state index is 4.98. The molecule has 1 nitrogen and oxygen atoms in total. The summed E-state index contributed by atoms with van der Waals surface area (Å²) < 4.78 is 0. The minimum absolute atomic E-state index is 0. The fraction of sp³-hybridized carbons (Fsp3) is 0. The Hall–Kier alpha value is 1.59. The first kappa shape index (κ1) is 10.5. The third kappa shape index (κ3) is 46.6. The summed E-state index contributed by atoms with van der Waals surface area (Å²) in [6, 6.07) is 0. The van der Waals surface area contributed by atoms with Gasteiger partial charge < -0.3 is 5.40 Å². The third-order valence-corrected chi connectivity index (χ3v) is 0. The van der Waals surface area contributed by atoms with Crippen LogP contribution in [0.2, 0.25) is 0 Å². The maximum atomic E-state index is 4.98. The Morgan fingerprint density at radius 2 is 1.17 bits per heavy atom. The van der Waals surface area contributed by atoms with Crippen LogP contribution in [0.15, 0.2) is 0 Å². The fourth-order valence-electron chi connectivity index (χ4n) is 0. The molecule has 0 aliphatic rings. The Balaban J connectivity index is 0. The number of halogens is 3. The summed E-state index contributed by atoms with van der Waals surface area (Å²) in [4.78, 5) is 0. The van der Waals surface area contributed by atoms with Crippen LogP contribution in [0.5, 0.6) is 0 Å². The SMILES string of the molecule is N[Si](Cl)(Cl)Cl.[GeH4]. The van der Waals surface area contributed by atoms with Crippen LogP contribution < -0.4 is 5.40 Å². The molecule has 0 aliphatic heterocycles. The van der Waals surface area contributed by atoms with Gasteiger partial charge in [-0.05, 0) is 0 Å². The standard InChI is InChI=1S/Cl3H2NSi.GeH4/c1-5(2,3)4;/h4H2;1H4. The van der Waals surface area contributed by atoms with E-state index in [1.54, 1.807) is 0 Å². The van der Waals surface area contributed by atoms with Crippen molar-refractivity contribution in [3.8, 4) is 0 Å². The fourth-order valence-corrected chi connectivity index (χ4v) is 0. The van der Waals surface area contributed by atoms with Crippen LogP contribution in [0.4, 0.5) is 0 Å². The van der Waals surface area contributed by atoms with Crippen molar-refractivity contribution < 1.29 is 0 Å². The molecule has 0 saturated heterocycles. The molecule has 0 bridgehead atoms. The summed E-state index contributed by atoms with van der Waals surface area (Å²) in [6.07, 6.45) is -2.69. The number of hydrogen-bond donors (Lipinski definition) is 1. The van der Waals surface area contributed by atoms with Crippen molar-refractivity contribution in [1.29, 1.82) is 0 Å². The van der Waals surface area contributed by atoms with Gasteiger partial charge in [0.2, 0.25) is 0 Å². The predicted molar refractivity (Wildman–Crippen MR) is 38.8 cm³/mol. The van der Waals surface area contributed by atoms with Crippen LogP contribution in [-0.4, -0.2) is 23.8 Å². The van der Waals surface area contributed by atoms with Crippen LogP contribution in [-0.2, 0) is 0 Å². The second-order valence-electron chi connectivity index (χ2n) is 0.542. The number of hydrogen-bond acceptors (Lipinski definition) is 1. The van der Waals surface area contributed by atoms with E-state index in [1.807, 2.05) is 0 Å². The van der Waals surface area contributed by atoms with Crippen LogP contribution in [0.3, 0.4) is 0 Å². The van der Waals surface area contributed by atoms with E-state index in [-0.39, 0.29) is 17.6 Å². The average Bonchev–Trinajstić information content (AvgIpc) is 0.722. The summed E-state index contributed by atoms with van der Waals surface area (Å²) in [5.74, 6) is 0. The summed E-state index contributed by atoms with van der Waals surface area (Å²) in [6.45, 7) is 0. The molecule has 0 aromatic rings. The van der Waals surface area contributed by atoms with E-state index in [0.29, 0.717) is 0 Å². The number of nitrogens with two attached hydrogens (primary N) is 1. The molecule has 2 N–H and O–H groups in total. The van der Waals surface area contributed by atoms with E-state index in [9.17, 15) is 0 Å². The number of rotatable bonds is 0. The normalized spacial score (nSPS) is 10.0. The molecule has 0 rings (SSSR count). The van der Waals surface area contributed by atoms with E-state index in [2.05, 4.69) is 0 Å². The molecule has 0 aromatic carbocycles. The molecule has 0 amide bonds. The van der Waals surface area contributed by atoms with Gasteiger partial charge in [0.1, 0.15) is 0 Å². The Labute approximate surface area is 62.3 Å². The van der Waals surface area contributed by atoms with Gasteiger partial charge in [0.15, 0.2) is 0 Å². The van der Waals surface area contributed by atoms with Gasteiger partial charge in [-0.3, -0.25) is 0 Å². The van der Waals surface area contributed by atoms with Gasteiger partial charge in [-0.15, -0.1) is 33.2 Å². The van der Waals surface area contributed by atoms with Crippen LogP contribution in [0, 0.1) is 0 Å². The summed E-state index contributed by atoms with van der Waals surface area (Å²) >= 11 is 14.9. The molecular weight excluding hydrogens is 221 g/mol. The van der Waals surface area contributed by atoms with Gasteiger partial charge in [0, 0.05) is 0 Å². The first-order valence-corrected chi connectivity index (χ1v) is 5.97. The van der Waals surface area contributed by atoms with Crippen LogP contribution in [0.25, 0.3) is 0 Å². The van der Waals surface area contributed by atoms with Crippen LogP contribution in [0.1, 0.15) is 0 Å². The summed E-state index contributed by atoms with van der Waals surface area (Å²) in [5, 5.41) is 4.79. The van der Waals surface area contributed by atoms with Crippen molar-refractivity contribution in [3.63, 3.8) is 0 Å². The molecule has 0 spiro atoms. The Bertz CT molecular complexity index is 26.3. The molecule has 0 aliphatic carbocycles. The second kappa shape index (κ2) is 3.57. The molecule has 0 atom stereocenters. The molecule has 0 heterocycles. The molecule has 0 radical (unpaired) electrons. The second-order valence-corrected chi connectivity index (χ2v) is 8.73. The Kier molecular flexibility index (Phi) is 6.28. The molecule has 6 heavy (non-hydrogen) atoms. The van der Waals surface area contributed by atoms with E-state index >= 15 is 0 Å². The topological polar surface area (TPSA) is 26.0 Å². The molecule has 6 heteroatoms. The zero-order valence-corrected chi connectivity index (χ0v) is 5.48. The van der Waals surface area contributed by atoms with Crippen molar-refractivity contribution in [2.75, 3.05) is 0 Å². The summed E-state index contributed by atoms with van der Waals surface area (Å²) in [5.41, 5.74) is 0. The predicted octanol–water partition coefficient (Wildman–Crippen LogP) is -0.355. The van der Waals surface area contributed by atoms with Gasteiger partial charge in [-0.2, -0.15) is 0 Å². The van der Waals surface area contributed by atoms with Crippen molar-refractivity contribution in [3.05, 3.63) is 0 Å². The van der Waals surface area contributed by atoms with Crippen molar-refractivity contribution in [2.45, 2.75) is 0 Å². The van der Waals surface area contributed by atoms with E-state index in [0.717, 1.165) is 0 Å². The van der Waals surface area contributed by atoms with Crippen molar-refractivity contribution in [1.82, 2.24) is 0 Å².